The molecule has 0 bridgehead atoms. The van der Waals surface area contributed by atoms with Crippen molar-refractivity contribution in [3.05, 3.63) is 0 Å². The fourth-order valence-corrected chi connectivity index (χ4v) is 2.86. The summed E-state index contributed by atoms with van der Waals surface area (Å²) in [4.78, 5) is 2.55. The van der Waals surface area contributed by atoms with Gasteiger partial charge in [-0.3, -0.25) is 4.90 Å². The van der Waals surface area contributed by atoms with Crippen LogP contribution in [0.4, 0.5) is 0 Å². The van der Waals surface area contributed by atoms with Crippen LogP contribution < -0.4 is 5.73 Å². The molecule has 1 unspecified atom stereocenters. The number of hydrogen-bond donors (Lipinski definition) is 1. The maximum atomic E-state index is 5.75. The van der Waals surface area contributed by atoms with Crippen LogP contribution in [0.25, 0.3) is 0 Å². The van der Waals surface area contributed by atoms with Crippen LogP contribution in [0.2, 0.25) is 0 Å². The van der Waals surface area contributed by atoms with Gasteiger partial charge in [0.15, 0.2) is 0 Å². The zero-order valence-electron chi connectivity index (χ0n) is 11.8. The summed E-state index contributed by atoms with van der Waals surface area (Å²) in [6, 6.07) is 0. The van der Waals surface area contributed by atoms with Gasteiger partial charge in [-0.15, -0.1) is 0 Å². The molecule has 17 heavy (non-hydrogen) atoms. The molecule has 102 valence electrons. The second kappa shape index (κ2) is 8.06. The highest BCUT2D eigenvalue weighted by molar-refractivity contribution is 4.73. The van der Waals surface area contributed by atoms with Gasteiger partial charge in [-0.25, -0.2) is 0 Å². The third-order valence-electron chi connectivity index (χ3n) is 3.73. The Labute approximate surface area is 107 Å². The summed E-state index contributed by atoms with van der Waals surface area (Å²) in [5, 5.41) is 0. The molecule has 0 aliphatic carbocycles. The second-order valence-electron chi connectivity index (χ2n) is 5.51. The molecule has 1 aliphatic rings. The van der Waals surface area contributed by atoms with Crippen LogP contribution in [0.15, 0.2) is 0 Å². The number of morpholine rings is 1. The molecular formula is C14H30N2O. The molecule has 3 atom stereocenters. The predicted molar refractivity (Wildman–Crippen MR) is 73.1 cm³/mol. The number of ether oxygens (including phenoxy) is 1. The van der Waals surface area contributed by atoms with Crippen LogP contribution in [0, 0.1) is 5.92 Å². The van der Waals surface area contributed by atoms with E-state index in [1.54, 1.807) is 0 Å². The largest absolute Gasteiger partial charge is 0.373 e. The SMILES string of the molecule is CCC(CCN)CCCN1C[C@@H](C)O[C@@H](C)C1. The highest BCUT2D eigenvalue weighted by Gasteiger charge is 2.21. The molecule has 0 saturated carbocycles. The smallest absolute Gasteiger partial charge is 0.0678 e. The Bertz CT molecular complexity index is 189. The highest BCUT2D eigenvalue weighted by Crippen LogP contribution is 2.16. The molecule has 3 heteroatoms. The van der Waals surface area contributed by atoms with E-state index in [-0.39, 0.29) is 0 Å². The first kappa shape index (κ1) is 14.9. The Morgan fingerprint density at radius 2 is 1.88 bits per heavy atom. The standard InChI is InChI=1S/C14H30N2O/c1-4-14(7-8-15)6-5-9-16-10-12(2)17-13(3)11-16/h12-14H,4-11,15H2,1-3H3/t12-,13+,14?. The van der Waals surface area contributed by atoms with Crippen molar-refractivity contribution in [2.45, 2.75) is 58.7 Å². The van der Waals surface area contributed by atoms with Gasteiger partial charge < -0.3 is 10.5 Å². The summed E-state index contributed by atoms with van der Waals surface area (Å²) >= 11 is 0. The maximum absolute atomic E-state index is 5.75. The molecule has 1 saturated heterocycles. The maximum Gasteiger partial charge on any atom is 0.0678 e. The van der Waals surface area contributed by atoms with E-state index < -0.39 is 0 Å². The summed E-state index contributed by atoms with van der Waals surface area (Å²) in [5.74, 6) is 0.830. The van der Waals surface area contributed by atoms with E-state index in [9.17, 15) is 0 Å². The molecule has 0 radical (unpaired) electrons. The molecule has 1 fully saturated rings. The molecule has 1 aliphatic heterocycles. The molecule has 0 aromatic carbocycles. The highest BCUT2D eigenvalue weighted by atomic mass is 16.5. The second-order valence-corrected chi connectivity index (χ2v) is 5.51. The minimum Gasteiger partial charge on any atom is -0.373 e. The van der Waals surface area contributed by atoms with E-state index in [0.717, 1.165) is 25.6 Å². The lowest BCUT2D eigenvalue weighted by Crippen LogP contribution is -2.45. The van der Waals surface area contributed by atoms with Gasteiger partial charge in [-0.05, 0) is 52.1 Å². The summed E-state index contributed by atoms with van der Waals surface area (Å²) in [7, 11) is 0. The predicted octanol–water partition coefficient (Wildman–Crippen LogP) is 2.25. The number of nitrogens with two attached hydrogens (primary N) is 1. The zero-order valence-corrected chi connectivity index (χ0v) is 11.8. The van der Waals surface area contributed by atoms with Gasteiger partial charge in [0.25, 0.3) is 0 Å². The lowest BCUT2D eigenvalue weighted by molar-refractivity contribution is -0.0683. The van der Waals surface area contributed by atoms with Gasteiger partial charge in [0.2, 0.25) is 0 Å². The first-order chi connectivity index (χ1) is 8.15. The van der Waals surface area contributed by atoms with Gasteiger partial charge >= 0.3 is 0 Å². The van der Waals surface area contributed by atoms with Crippen LogP contribution >= 0.6 is 0 Å². The molecule has 0 spiro atoms. The van der Waals surface area contributed by atoms with Crippen LogP contribution in [0.3, 0.4) is 0 Å². The molecule has 1 rings (SSSR count). The van der Waals surface area contributed by atoms with Gasteiger partial charge in [-0.2, -0.15) is 0 Å². The normalized spacial score (nSPS) is 28.2. The van der Waals surface area contributed by atoms with Crippen molar-refractivity contribution in [1.82, 2.24) is 4.90 Å². The van der Waals surface area contributed by atoms with E-state index in [0.29, 0.717) is 12.2 Å². The van der Waals surface area contributed by atoms with Crippen LogP contribution in [0.1, 0.15) is 46.5 Å². The van der Waals surface area contributed by atoms with Crippen LogP contribution in [-0.4, -0.2) is 43.3 Å². The number of rotatable bonds is 7. The molecule has 0 aromatic rings. The molecule has 1 heterocycles. The van der Waals surface area contributed by atoms with Crippen molar-refractivity contribution in [3.8, 4) is 0 Å². The summed E-state index contributed by atoms with van der Waals surface area (Å²) < 4.78 is 5.75. The Balaban J connectivity index is 2.16. The van der Waals surface area contributed by atoms with Crippen LogP contribution in [0.5, 0.6) is 0 Å². The summed E-state index contributed by atoms with van der Waals surface area (Å²) in [6.45, 7) is 10.9. The topological polar surface area (TPSA) is 38.5 Å². The molecule has 0 aromatic heterocycles. The van der Waals surface area contributed by atoms with Gasteiger partial charge in [-0.1, -0.05) is 13.3 Å². The Morgan fingerprint density at radius 1 is 1.24 bits per heavy atom. The third-order valence-corrected chi connectivity index (χ3v) is 3.73. The first-order valence-electron chi connectivity index (χ1n) is 7.23. The first-order valence-corrected chi connectivity index (χ1v) is 7.23. The summed E-state index contributed by atoms with van der Waals surface area (Å²) in [6.07, 6.45) is 5.88. The van der Waals surface area contributed by atoms with E-state index in [4.69, 9.17) is 10.5 Å². The van der Waals surface area contributed by atoms with Crippen molar-refractivity contribution in [2.24, 2.45) is 11.7 Å². The fourth-order valence-electron chi connectivity index (χ4n) is 2.86. The monoisotopic (exact) mass is 242 g/mol. The zero-order chi connectivity index (χ0) is 12.7. The van der Waals surface area contributed by atoms with Gasteiger partial charge in [0, 0.05) is 13.1 Å². The molecule has 3 nitrogen and oxygen atoms in total. The van der Waals surface area contributed by atoms with E-state index in [1.807, 2.05) is 0 Å². The lowest BCUT2D eigenvalue weighted by atomic mass is 9.96. The average molecular weight is 242 g/mol. The Hall–Kier alpha value is -0.120. The number of hydrogen-bond acceptors (Lipinski definition) is 3. The van der Waals surface area contributed by atoms with Gasteiger partial charge in [0.05, 0.1) is 12.2 Å². The third kappa shape index (κ3) is 5.84. The average Bonchev–Trinajstić information content (AvgIpc) is 2.26. The fraction of sp³-hybridized carbons (Fsp3) is 1.00. The summed E-state index contributed by atoms with van der Waals surface area (Å²) in [5.41, 5.74) is 5.63. The molecular weight excluding hydrogens is 212 g/mol. The van der Waals surface area contributed by atoms with E-state index in [2.05, 4.69) is 25.7 Å². The van der Waals surface area contributed by atoms with Crippen molar-refractivity contribution in [3.63, 3.8) is 0 Å². The van der Waals surface area contributed by atoms with Gasteiger partial charge in [0.1, 0.15) is 0 Å². The minimum absolute atomic E-state index is 0.393. The van der Waals surface area contributed by atoms with Crippen molar-refractivity contribution in [1.29, 1.82) is 0 Å². The van der Waals surface area contributed by atoms with Crippen LogP contribution in [-0.2, 0) is 4.74 Å². The Morgan fingerprint density at radius 3 is 2.41 bits per heavy atom. The van der Waals surface area contributed by atoms with Crippen molar-refractivity contribution < 1.29 is 4.74 Å². The van der Waals surface area contributed by atoms with Crippen molar-refractivity contribution in [2.75, 3.05) is 26.2 Å². The van der Waals surface area contributed by atoms with E-state index in [1.165, 1.54) is 32.2 Å². The van der Waals surface area contributed by atoms with Crippen molar-refractivity contribution >= 4 is 0 Å². The molecule has 0 amide bonds. The van der Waals surface area contributed by atoms with E-state index >= 15 is 0 Å². The quantitative estimate of drug-likeness (QED) is 0.744. The Kier molecular flexibility index (Phi) is 7.09. The lowest BCUT2D eigenvalue weighted by Gasteiger charge is -2.35. The number of nitrogens with zero attached hydrogens (tertiary/aromatic N) is 1. The minimum atomic E-state index is 0.393. The molecule has 2 N–H and O–H groups in total.